The van der Waals surface area contributed by atoms with Crippen molar-refractivity contribution < 1.29 is 22.7 Å². The number of carbonyl (C=O) groups is 1. The van der Waals surface area contributed by atoms with Gasteiger partial charge in [-0.2, -0.15) is 10.4 Å². The second-order valence-electron chi connectivity index (χ2n) is 6.76. The number of nitriles is 1. The number of halogens is 3. The largest absolute Gasteiger partial charge is 0.573 e. The summed E-state index contributed by atoms with van der Waals surface area (Å²) in [6.07, 6.45) is -1.60. The lowest BCUT2D eigenvalue weighted by Gasteiger charge is -2.27. The number of nitrogens with zero attached hydrogens (tertiary/aromatic N) is 4. The molecule has 1 N–H and O–H groups in total. The molecule has 0 spiro atoms. The SMILES string of the molecule is CC(C)N(Cc1ccn2ncc(C#N)c2c1)C(=O)Nc1ccc(OC(F)(F)F)cc1. The summed E-state index contributed by atoms with van der Waals surface area (Å²) >= 11 is 0. The van der Waals surface area contributed by atoms with Crippen LogP contribution in [0.25, 0.3) is 5.52 Å². The molecule has 0 unspecified atom stereocenters. The number of ether oxygens (including phenoxy) is 1. The minimum Gasteiger partial charge on any atom is -0.406 e. The van der Waals surface area contributed by atoms with E-state index >= 15 is 0 Å². The van der Waals surface area contributed by atoms with Crippen LogP contribution >= 0.6 is 0 Å². The average molecular weight is 417 g/mol. The molecule has 0 radical (unpaired) electrons. The van der Waals surface area contributed by atoms with Gasteiger partial charge in [-0.05, 0) is 55.8 Å². The zero-order valence-corrected chi connectivity index (χ0v) is 16.1. The first kappa shape index (κ1) is 21.0. The number of alkyl halides is 3. The zero-order valence-electron chi connectivity index (χ0n) is 16.1. The lowest BCUT2D eigenvalue weighted by molar-refractivity contribution is -0.274. The second kappa shape index (κ2) is 8.32. The number of fused-ring (bicyclic) bond motifs is 1. The molecule has 0 atom stereocenters. The van der Waals surface area contributed by atoms with E-state index in [1.54, 1.807) is 27.7 Å². The number of urea groups is 1. The molecule has 0 saturated heterocycles. The van der Waals surface area contributed by atoms with Crippen molar-refractivity contribution in [3.63, 3.8) is 0 Å². The van der Waals surface area contributed by atoms with E-state index in [1.165, 1.54) is 18.3 Å². The van der Waals surface area contributed by atoms with Gasteiger partial charge in [0.25, 0.3) is 0 Å². The summed E-state index contributed by atoms with van der Waals surface area (Å²) in [6.45, 7) is 3.96. The van der Waals surface area contributed by atoms with E-state index in [0.29, 0.717) is 16.8 Å². The molecule has 3 aromatic rings. The van der Waals surface area contributed by atoms with Crippen LogP contribution in [0.3, 0.4) is 0 Å². The zero-order chi connectivity index (χ0) is 21.9. The van der Waals surface area contributed by atoms with Crippen LogP contribution in [0.1, 0.15) is 25.0 Å². The number of hydrogen-bond acceptors (Lipinski definition) is 4. The summed E-state index contributed by atoms with van der Waals surface area (Å²) in [4.78, 5) is 14.3. The van der Waals surface area contributed by atoms with Crippen LogP contribution in [-0.2, 0) is 6.54 Å². The van der Waals surface area contributed by atoms with Gasteiger partial charge in [0, 0.05) is 24.5 Å². The Kier molecular flexibility index (Phi) is 5.82. The molecule has 0 aliphatic carbocycles. The summed E-state index contributed by atoms with van der Waals surface area (Å²) in [5, 5.41) is 15.9. The number of amides is 2. The van der Waals surface area contributed by atoms with Gasteiger partial charge >= 0.3 is 12.4 Å². The van der Waals surface area contributed by atoms with Gasteiger partial charge in [-0.3, -0.25) is 0 Å². The van der Waals surface area contributed by atoms with Crippen molar-refractivity contribution in [1.82, 2.24) is 14.5 Å². The van der Waals surface area contributed by atoms with E-state index in [0.717, 1.165) is 17.7 Å². The van der Waals surface area contributed by atoms with Gasteiger partial charge in [0.1, 0.15) is 11.8 Å². The molecule has 156 valence electrons. The Morgan fingerprint density at radius 3 is 2.60 bits per heavy atom. The van der Waals surface area contributed by atoms with E-state index in [-0.39, 0.29) is 18.3 Å². The van der Waals surface area contributed by atoms with Crippen LogP contribution in [0, 0.1) is 11.3 Å². The van der Waals surface area contributed by atoms with Gasteiger partial charge in [-0.1, -0.05) is 0 Å². The van der Waals surface area contributed by atoms with Gasteiger partial charge in [-0.15, -0.1) is 13.2 Å². The minimum atomic E-state index is -4.78. The third-order valence-corrected chi connectivity index (χ3v) is 4.28. The molecule has 3 rings (SSSR count). The van der Waals surface area contributed by atoms with Gasteiger partial charge in [0.15, 0.2) is 0 Å². The van der Waals surface area contributed by atoms with Crippen LogP contribution < -0.4 is 10.1 Å². The van der Waals surface area contributed by atoms with Crippen molar-refractivity contribution in [1.29, 1.82) is 5.26 Å². The van der Waals surface area contributed by atoms with Crippen molar-refractivity contribution in [2.45, 2.75) is 32.8 Å². The molecule has 2 aromatic heterocycles. The van der Waals surface area contributed by atoms with Crippen LogP contribution in [0.5, 0.6) is 5.75 Å². The van der Waals surface area contributed by atoms with E-state index in [9.17, 15) is 23.2 Å². The Hall–Kier alpha value is -3.74. The van der Waals surface area contributed by atoms with Crippen LogP contribution in [0.4, 0.5) is 23.7 Å². The Bertz CT molecular complexity index is 1080. The van der Waals surface area contributed by atoms with Gasteiger partial charge in [0.2, 0.25) is 0 Å². The van der Waals surface area contributed by atoms with Gasteiger partial charge in [-0.25, -0.2) is 9.31 Å². The molecule has 1 aromatic carbocycles. The van der Waals surface area contributed by atoms with E-state index in [4.69, 9.17) is 0 Å². The van der Waals surface area contributed by atoms with Crippen molar-refractivity contribution in [3.8, 4) is 11.8 Å². The first-order chi connectivity index (χ1) is 14.2. The summed E-state index contributed by atoms with van der Waals surface area (Å²) in [6, 6.07) is 9.99. The summed E-state index contributed by atoms with van der Waals surface area (Å²) in [7, 11) is 0. The average Bonchev–Trinajstić information content (AvgIpc) is 3.08. The topological polar surface area (TPSA) is 82.7 Å². The number of hydrogen-bond donors (Lipinski definition) is 1. The summed E-state index contributed by atoms with van der Waals surface area (Å²) < 4.78 is 42.2. The number of pyridine rings is 1. The van der Waals surface area contributed by atoms with Crippen molar-refractivity contribution in [3.05, 3.63) is 59.9 Å². The monoisotopic (exact) mass is 417 g/mol. The van der Waals surface area contributed by atoms with Crippen molar-refractivity contribution in [2.75, 3.05) is 5.32 Å². The first-order valence-electron chi connectivity index (χ1n) is 8.96. The second-order valence-corrected chi connectivity index (χ2v) is 6.76. The van der Waals surface area contributed by atoms with E-state index in [1.807, 2.05) is 13.8 Å². The number of rotatable bonds is 5. The number of nitrogens with one attached hydrogen (secondary N) is 1. The molecule has 7 nitrogen and oxygen atoms in total. The fourth-order valence-corrected chi connectivity index (χ4v) is 2.83. The molecule has 0 aliphatic heterocycles. The molecule has 30 heavy (non-hydrogen) atoms. The van der Waals surface area contributed by atoms with E-state index in [2.05, 4.69) is 21.2 Å². The third-order valence-electron chi connectivity index (χ3n) is 4.28. The Morgan fingerprint density at radius 2 is 2.00 bits per heavy atom. The highest BCUT2D eigenvalue weighted by Gasteiger charge is 2.31. The molecular weight excluding hydrogens is 399 g/mol. The first-order valence-corrected chi connectivity index (χ1v) is 8.96. The summed E-state index contributed by atoms with van der Waals surface area (Å²) in [5.41, 5.74) is 2.20. The molecule has 0 fully saturated rings. The predicted octanol–water partition coefficient (Wildman–Crippen LogP) is 4.55. The van der Waals surface area contributed by atoms with Crippen molar-refractivity contribution >= 4 is 17.2 Å². The molecular formula is C20H18F3N5O2. The predicted molar refractivity (Wildman–Crippen MR) is 103 cm³/mol. The van der Waals surface area contributed by atoms with Gasteiger partial charge < -0.3 is 15.0 Å². The van der Waals surface area contributed by atoms with Crippen molar-refractivity contribution in [2.24, 2.45) is 0 Å². The molecule has 0 saturated carbocycles. The standard InChI is InChI=1S/C20H18F3N5O2/c1-13(2)27(12-14-7-8-28-18(9-14)15(10-24)11-25-28)19(29)26-16-3-5-17(6-4-16)30-20(21,22)23/h3-9,11,13H,12H2,1-2H3,(H,26,29). The molecule has 2 amide bonds. The lowest BCUT2D eigenvalue weighted by Crippen LogP contribution is -2.39. The smallest absolute Gasteiger partial charge is 0.406 e. The number of carbonyl (C=O) groups excluding carboxylic acids is 1. The maximum atomic E-state index is 12.7. The molecule has 2 heterocycles. The Labute approximate surface area is 170 Å². The fraction of sp³-hybridized carbons (Fsp3) is 0.250. The molecule has 10 heteroatoms. The van der Waals surface area contributed by atoms with Crippen LogP contribution in [-0.4, -0.2) is 32.9 Å². The lowest BCUT2D eigenvalue weighted by atomic mass is 10.2. The minimum absolute atomic E-state index is 0.158. The number of anilines is 1. The maximum Gasteiger partial charge on any atom is 0.573 e. The normalized spacial score (nSPS) is 11.4. The quantitative estimate of drug-likeness (QED) is 0.660. The molecule has 0 bridgehead atoms. The number of aromatic nitrogens is 2. The highest BCUT2D eigenvalue weighted by Crippen LogP contribution is 2.24. The third kappa shape index (κ3) is 5.00. The molecule has 0 aliphatic rings. The highest BCUT2D eigenvalue weighted by atomic mass is 19.4. The number of benzene rings is 1. The fourth-order valence-electron chi connectivity index (χ4n) is 2.83. The van der Waals surface area contributed by atoms with Gasteiger partial charge in [0.05, 0.1) is 17.3 Å². The van der Waals surface area contributed by atoms with E-state index < -0.39 is 12.4 Å². The maximum absolute atomic E-state index is 12.7. The Balaban J connectivity index is 1.73. The summed E-state index contributed by atoms with van der Waals surface area (Å²) in [5.74, 6) is -0.372. The van der Waals surface area contributed by atoms with Crippen LogP contribution in [0.2, 0.25) is 0 Å². The van der Waals surface area contributed by atoms with Crippen LogP contribution in [0.15, 0.2) is 48.8 Å². The Morgan fingerprint density at radius 1 is 1.30 bits per heavy atom. The highest BCUT2D eigenvalue weighted by molar-refractivity contribution is 5.89.